The lowest BCUT2D eigenvalue weighted by atomic mass is 10.4. The molecule has 0 aromatic carbocycles. The summed E-state index contributed by atoms with van der Waals surface area (Å²) in [6, 6.07) is 2.10. The lowest BCUT2D eigenvalue weighted by Gasteiger charge is -2.22. The molecule has 0 atom stereocenters. The Morgan fingerprint density at radius 3 is 2.64 bits per heavy atom. The zero-order chi connectivity index (χ0) is 15.4. The van der Waals surface area contributed by atoms with Crippen LogP contribution in [-0.2, 0) is 27.2 Å². The van der Waals surface area contributed by atoms with Crippen LogP contribution < -0.4 is 5.32 Å². The van der Waals surface area contributed by atoms with Crippen molar-refractivity contribution in [1.29, 1.82) is 0 Å². The van der Waals surface area contributed by atoms with Gasteiger partial charge >= 0.3 is 0 Å². The van der Waals surface area contributed by atoms with E-state index in [1.54, 1.807) is 13.4 Å². The number of aromatic nitrogens is 4. The zero-order valence-corrected chi connectivity index (χ0v) is 17.0. The van der Waals surface area contributed by atoms with E-state index in [0.29, 0.717) is 6.54 Å². The lowest BCUT2D eigenvalue weighted by molar-refractivity contribution is 0.460. The first-order valence-corrected chi connectivity index (χ1v) is 7.36. The molecule has 9 heteroatoms. The molecule has 0 aliphatic rings. The van der Waals surface area contributed by atoms with Crippen LogP contribution in [0.4, 0.5) is 0 Å². The summed E-state index contributed by atoms with van der Waals surface area (Å²) >= 11 is 3.49. The van der Waals surface area contributed by atoms with E-state index in [-0.39, 0.29) is 24.0 Å². The zero-order valence-electron chi connectivity index (χ0n) is 13.1. The van der Waals surface area contributed by atoms with E-state index in [1.165, 1.54) is 5.69 Å². The van der Waals surface area contributed by atoms with E-state index >= 15 is 0 Å². The van der Waals surface area contributed by atoms with Crippen LogP contribution in [0.5, 0.6) is 0 Å². The summed E-state index contributed by atoms with van der Waals surface area (Å²) in [7, 11) is 7.73. The third-order valence-electron chi connectivity index (χ3n) is 3.26. The van der Waals surface area contributed by atoms with Gasteiger partial charge in [0.25, 0.3) is 0 Å². The molecule has 0 aliphatic heterocycles. The second-order valence-corrected chi connectivity index (χ2v) is 5.79. The second kappa shape index (κ2) is 8.51. The van der Waals surface area contributed by atoms with E-state index in [4.69, 9.17) is 0 Å². The Morgan fingerprint density at radius 2 is 2.14 bits per heavy atom. The molecule has 0 fully saturated rings. The molecule has 0 unspecified atom stereocenters. The van der Waals surface area contributed by atoms with Gasteiger partial charge in [-0.05, 0) is 22.0 Å². The molecule has 0 amide bonds. The molecule has 2 rings (SSSR count). The third kappa shape index (κ3) is 4.70. The standard InChI is InChI=1S/C13H20BrN7.HI/c1-15-13(16-6-12-18-17-9-21(12)4)20(3)8-11-5-10(14)7-19(11)2;/h5,7,9H,6,8H2,1-4H3,(H,15,16);1H. The number of aryl methyl sites for hydroxylation is 2. The molecule has 0 saturated carbocycles. The number of rotatable bonds is 4. The van der Waals surface area contributed by atoms with Crippen molar-refractivity contribution in [3.63, 3.8) is 0 Å². The second-order valence-electron chi connectivity index (χ2n) is 4.88. The molecule has 22 heavy (non-hydrogen) atoms. The van der Waals surface area contributed by atoms with Gasteiger partial charge in [0.2, 0.25) is 0 Å². The first-order chi connectivity index (χ1) is 10.0. The van der Waals surface area contributed by atoms with Crippen molar-refractivity contribution in [3.05, 3.63) is 34.6 Å². The normalized spacial score (nSPS) is 11.2. The van der Waals surface area contributed by atoms with Gasteiger partial charge in [-0.25, -0.2) is 0 Å². The molecule has 1 N–H and O–H groups in total. The van der Waals surface area contributed by atoms with Gasteiger partial charge in [-0.1, -0.05) is 0 Å². The molecule has 2 aromatic rings. The monoisotopic (exact) mass is 481 g/mol. The summed E-state index contributed by atoms with van der Waals surface area (Å²) in [6.45, 7) is 1.35. The van der Waals surface area contributed by atoms with Gasteiger partial charge in [0.1, 0.15) is 6.33 Å². The van der Waals surface area contributed by atoms with E-state index in [1.807, 2.05) is 31.9 Å². The van der Waals surface area contributed by atoms with Gasteiger partial charge in [-0.3, -0.25) is 4.99 Å². The largest absolute Gasteiger partial charge is 0.352 e. The number of guanidine groups is 1. The highest BCUT2D eigenvalue weighted by Gasteiger charge is 2.10. The van der Waals surface area contributed by atoms with Crippen LogP contribution >= 0.6 is 39.9 Å². The third-order valence-corrected chi connectivity index (χ3v) is 3.69. The Hall–Kier alpha value is -1.10. The van der Waals surface area contributed by atoms with Crippen LogP contribution in [0, 0.1) is 0 Å². The molecule has 122 valence electrons. The van der Waals surface area contributed by atoms with Crippen LogP contribution in [0.1, 0.15) is 11.5 Å². The predicted octanol–water partition coefficient (Wildman–Crippen LogP) is 1.74. The van der Waals surface area contributed by atoms with Crippen molar-refractivity contribution in [2.45, 2.75) is 13.1 Å². The lowest BCUT2D eigenvalue weighted by Crippen LogP contribution is -2.38. The highest BCUT2D eigenvalue weighted by Crippen LogP contribution is 2.14. The minimum Gasteiger partial charge on any atom is -0.352 e. The predicted molar refractivity (Wildman–Crippen MR) is 101 cm³/mol. The number of halogens is 2. The van der Waals surface area contributed by atoms with E-state index in [0.717, 1.165) is 22.8 Å². The van der Waals surface area contributed by atoms with Gasteiger partial charge in [0, 0.05) is 44.6 Å². The molecule has 0 bridgehead atoms. The molecule has 7 nitrogen and oxygen atoms in total. The smallest absolute Gasteiger partial charge is 0.194 e. The molecule has 0 aliphatic carbocycles. The number of hydrogen-bond donors (Lipinski definition) is 1. The first kappa shape index (κ1) is 18.9. The van der Waals surface area contributed by atoms with Crippen LogP contribution in [0.3, 0.4) is 0 Å². The van der Waals surface area contributed by atoms with Crippen LogP contribution in [-0.4, -0.2) is 44.3 Å². The van der Waals surface area contributed by atoms with Crippen molar-refractivity contribution in [1.82, 2.24) is 29.5 Å². The fourth-order valence-corrected chi connectivity index (χ4v) is 2.62. The Balaban J connectivity index is 0.00000242. The van der Waals surface area contributed by atoms with Crippen molar-refractivity contribution in [3.8, 4) is 0 Å². The van der Waals surface area contributed by atoms with Crippen LogP contribution in [0.25, 0.3) is 0 Å². The summed E-state index contributed by atoms with van der Waals surface area (Å²) in [5.74, 6) is 1.68. The Bertz CT molecular complexity index is 634. The van der Waals surface area contributed by atoms with E-state index < -0.39 is 0 Å². The summed E-state index contributed by atoms with van der Waals surface area (Å²) in [4.78, 5) is 6.37. The fraction of sp³-hybridized carbons (Fsp3) is 0.462. The molecule has 2 heterocycles. The molecule has 2 aromatic heterocycles. The summed E-state index contributed by atoms with van der Waals surface area (Å²) in [6.07, 6.45) is 3.73. The van der Waals surface area contributed by atoms with Gasteiger partial charge in [-0.2, -0.15) is 0 Å². The maximum Gasteiger partial charge on any atom is 0.194 e. The highest BCUT2D eigenvalue weighted by atomic mass is 127. The summed E-state index contributed by atoms with van der Waals surface area (Å²) in [5.41, 5.74) is 1.20. The molecular formula is C13H21BrIN7. The van der Waals surface area contributed by atoms with Crippen molar-refractivity contribution < 1.29 is 0 Å². The van der Waals surface area contributed by atoms with E-state index in [9.17, 15) is 0 Å². The minimum atomic E-state index is 0. The maximum atomic E-state index is 4.30. The average Bonchev–Trinajstić information content (AvgIpc) is 2.97. The quantitative estimate of drug-likeness (QED) is 0.410. The van der Waals surface area contributed by atoms with Crippen LogP contribution in [0.15, 0.2) is 28.1 Å². The van der Waals surface area contributed by atoms with Gasteiger partial charge < -0.3 is 19.4 Å². The highest BCUT2D eigenvalue weighted by molar-refractivity contribution is 14.0. The number of nitrogens with zero attached hydrogens (tertiary/aromatic N) is 6. The maximum absolute atomic E-state index is 4.30. The molecule has 0 spiro atoms. The number of aliphatic imine (C=N–C) groups is 1. The number of hydrogen-bond acceptors (Lipinski definition) is 3. The summed E-state index contributed by atoms with van der Waals surface area (Å²) in [5, 5.41) is 11.2. The van der Waals surface area contributed by atoms with Gasteiger partial charge in [0.15, 0.2) is 11.8 Å². The van der Waals surface area contributed by atoms with Crippen molar-refractivity contribution in [2.75, 3.05) is 14.1 Å². The van der Waals surface area contributed by atoms with Crippen LogP contribution in [0.2, 0.25) is 0 Å². The molecule has 0 radical (unpaired) electrons. The fourth-order valence-electron chi connectivity index (χ4n) is 2.05. The first-order valence-electron chi connectivity index (χ1n) is 6.56. The average molecular weight is 482 g/mol. The number of nitrogens with one attached hydrogen (secondary N) is 1. The topological polar surface area (TPSA) is 63.3 Å². The minimum absolute atomic E-state index is 0. The molecular weight excluding hydrogens is 461 g/mol. The summed E-state index contributed by atoms with van der Waals surface area (Å²) < 4.78 is 5.06. The Labute approximate surface area is 156 Å². The van der Waals surface area contributed by atoms with Gasteiger partial charge in [-0.15, -0.1) is 34.2 Å². The van der Waals surface area contributed by atoms with E-state index in [2.05, 4.69) is 52.0 Å². The SMILES string of the molecule is CN=C(NCc1nncn1C)N(C)Cc1cc(Br)cn1C.I. The van der Waals surface area contributed by atoms with Crippen molar-refractivity contribution >= 4 is 45.9 Å². The van der Waals surface area contributed by atoms with Crippen molar-refractivity contribution in [2.24, 2.45) is 19.1 Å². The Morgan fingerprint density at radius 1 is 1.41 bits per heavy atom. The Kier molecular flexibility index (Phi) is 7.33. The van der Waals surface area contributed by atoms with Gasteiger partial charge in [0.05, 0.1) is 13.1 Å². The molecule has 0 saturated heterocycles.